The molecule has 3 aliphatic rings. The number of benzene rings is 4. The van der Waals surface area contributed by atoms with E-state index in [1.165, 1.54) is 25.6 Å². The van der Waals surface area contributed by atoms with Crippen molar-refractivity contribution >= 4 is 17.7 Å². The van der Waals surface area contributed by atoms with E-state index in [9.17, 15) is 20.1 Å². The van der Waals surface area contributed by atoms with Crippen LogP contribution in [0.2, 0.25) is 0 Å². The number of phenolic OH excluding ortho intramolecular Hbond substituents is 2. The van der Waals surface area contributed by atoms with Crippen LogP contribution in [0.4, 0.5) is 5.82 Å². The first-order valence-corrected chi connectivity index (χ1v) is 20.9. The van der Waals surface area contributed by atoms with Crippen molar-refractivity contribution < 1.29 is 34.3 Å². The molecule has 2 atom stereocenters. The number of fused-ring (bicyclic) bond motifs is 1. The second kappa shape index (κ2) is 17.6. The van der Waals surface area contributed by atoms with Gasteiger partial charge in [0.2, 0.25) is 5.75 Å². The van der Waals surface area contributed by atoms with Crippen LogP contribution in [0.15, 0.2) is 91.0 Å². The number of hydrogen-bond donors (Lipinski definition) is 4. The van der Waals surface area contributed by atoms with E-state index in [2.05, 4.69) is 47.5 Å². The number of aliphatic hydroxyl groups is 1. The second-order valence-electron chi connectivity index (χ2n) is 16.3. The summed E-state index contributed by atoms with van der Waals surface area (Å²) in [5.41, 5.74) is 7.16. The van der Waals surface area contributed by atoms with E-state index in [-0.39, 0.29) is 53.6 Å². The standard InChI is InChI=1S/C49H54N3O7/c1-49(22-6-7-23-49)42-30-39(48(51-42)52-26-24-50-25-27-52)35-12-8-11-33(29-35)14-20-38-44(56)47(57-2)46(58-28-21-37(54)17-13-32-9-4-3-5-10-32)43-40(55)31-41(59-45(38)43)34-15-18-36(53)19-16-34/h3-5,8-13,15-19,29-30,37,41,50,53-54H,6-7,14,20-28,31H2,1-2H3,(H,55,56)/q-1/p+1. The Labute approximate surface area is 346 Å². The smallest absolute Gasteiger partial charge is 0.335 e. The van der Waals surface area contributed by atoms with Crippen molar-refractivity contribution in [2.75, 3.05) is 44.8 Å². The van der Waals surface area contributed by atoms with Gasteiger partial charge in [-0.1, -0.05) is 116 Å². The fourth-order valence-electron chi connectivity index (χ4n) is 8.79. The molecule has 0 bridgehead atoms. The van der Waals surface area contributed by atoms with Crippen molar-refractivity contribution in [3.8, 4) is 39.9 Å². The maximum Gasteiger partial charge on any atom is 0.335 e. The van der Waals surface area contributed by atoms with Gasteiger partial charge >= 0.3 is 5.78 Å². The monoisotopic (exact) mass is 797 g/mol. The molecule has 10 heteroatoms. The first-order chi connectivity index (χ1) is 28.7. The molecule has 3 heterocycles. The molecule has 1 saturated heterocycles. The summed E-state index contributed by atoms with van der Waals surface area (Å²) in [5, 5.41) is 36.2. The van der Waals surface area contributed by atoms with Gasteiger partial charge in [-0.15, -0.1) is 0 Å². The van der Waals surface area contributed by atoms with Crippen molar-refractivity contribution in [3.63, 3.8) is 0 Å². The summed E-state index contributed by atoms with van der Waals surface area (Å²) in [5.74, 6) is 1.65. The van der Waals surface area contributed by atoms with Crippen LogP contribution in [0, 0.1) is 0 Å². The third-order valence-corrected chi connectivity index (χ3v) is 12.2. The largest absolute Gasteiger partial charge is 0.508 e. The number of aryl methyl sites for hydroxylation is 1. The molecule has 4 aromatic carbocycles. The Morgan fingerprint density at radius 1 is 0.966 bits per heavy atom. The number of nitrogens with one attached hydrogen (secondary N) is 1. The maximum atomic E-state index is 12.0. The molecule has 5 aromatic rings. The molecular formula is C49H55N3O7. The lowest BCUT2D eigenvalue weighted by molar-refractivity contribution is 0.172. The number of carbonyl (C=O) groups excluding carboxylic acids is 1. The lowest BCUT2D eigenvalue weighted by Gasteiger charge is -2.38. The van der Waals surface area contributed by atoms with Crippen molar-refractivity contribution in [1.29, 1.82) is 0 Å². The fourth-order valence-corrected chi connectivity index (χ4v) is 8.79. The van der Waals surface area contributed by atoms with Crippen LogP contribution in [0.5, 0.6) is 28.7 Å². The van der Waals surface area contributed by atoms with Gasteiger partial charge in [0.1, 0.15) is 24.0 Å². The molecule has 0 radical (unpaired) electrons. The van der Waals surface area contributed by atoms with Crippen LogP contribution in [0.25, 0.3) is 17.2 Å². The van der Waals surface area contributed by atoms with Gasteiger partial charge in [0.05, 0.1) is 19.8 Å². The van der Waals surface area contributed by atoms with Crippen LogP contribution >= 0.6 is 0 Å². The average molecular weight is 798 g/mol. The molecule has 1 saturated carbocycles. The van der Waals surface area contributed by atoms with E-state index >= 15 is 0 Å². The number of nitrogens with zero attached hydrogens (tertiary/aromatic N) is 2. The minimum absolute atomic E-state index is 0.0290. The van der Waals surface area contributed by atoms with Gasteiger partial charge in [0, 0.05) is 12.0 Å². The van der Waals surface area contributed by atoms with E-state index < -0.39 is 12.2 Å². The first kappa shape index (κ1) is 40.1. The number of aromatic hydroxyl groups is 2. The Kier molecular flexibility index (Phi) is 12.0. The lowest BCUT2D eigenvalue weighted by Crippen LogP contribution is -2.44. The quantitative estimate of drug-likeness (QED) is 0.0824. The molecule has 5 N–H and O–H groups in total. The van der Waals surface area contributed by atoms with Gasteiger partial charge in [-0.05, 0) is 97.2 Å². The number of rotatable bonds is 14. The van der Waals surface area contributed by atoms with Gasteiger partial charge in [0.25, 0.3) is 0 Å². The molecule has 8 rings (SSSR count). The third kappa shape index (κ3) is 8.70. The number of phenols is 2. The maximum absolute atomic E-state index is 12.0. The van der Waals surface area contributed by atoms with Crippen molar-refractivity contribution in [2.45, 2.75) is 75.9 Å². The first-order valence-electron chi connectivity index (χ1n) is 20.9. The summed E-state index contributed by atoms with van der Waals surface area (Å²) in [6.07, 6.45) is 8.30. The van der Waals surface area contributed by atoms with Gasteiger partial charge in [-0.3, -0.25) is 4.79 Å². The number of aliphatic hydroxyl groups excluding tert-OH is 1. The zero-order valence-corrected chi connectivity index (χ0v) is 34.0. The Morgan fingerprint density at radius 3 is 2.47 bits per heavy atom. The normalized spacial score (nSPS) is 18.1. The Hall–Kier alpha value is -5.71. The molecule has 10 nitrogen and oxygen atoms in total. The molecule has 1 aromatic heterocycles. The van der Waals surface area contributed by atoms with Gasteiger partial charge in [0.15, 0.2) is 17.1 Å². The summed E-state index contributed by atoms with van der Waals surface area (Å²) < 4.78 is 18.7. The Bertz CT molecular complexity index is 2270. The highest BCUT2D eigenvalue weighted by molar-refractivity contribution is 6.05. The third-order valence-electron chi connectivity index (χ3n) is 12.2. The molecule has 59 heavy (non-hydrogen) atoms. The van der Waals surface area contributed by atoms with E-state index in [0.29, 0.717) is 29.7 Å². The van der Waals surface area contributed by atoms with Crippen LogP contribution < -0.4 is 29.4 Å². The highest BCUT2D eigenvalue weighted by atomic mass is 16.5. The SMILES string of the molecule is COc1c(O)c(CCc2cccc(-c3cc(C4(C)CCCC4)[n-]c3N3CCNCC3)c2)c2c(c1OCCC(O)C=Cc1ccccc1)C(=[OH+])CC(c1ccc(O)cc1)O2. The average Bonchev–Trinajstić information content (AvgIpc) is 3.92. The molecular weight excluding hydrogens is 743 g/mol. The highest BCUT2D eigenvalue weighted by Gasteiger charge is 2.41. The zero-order chi connectivity index (χ0) is 40.9. The number of piperazine rings is 1. The van der Waals surface area contributed by atoms with Gasteiger partial charge < -0.3 is 44.7 Å². The highest BCUT2D eigenvalue weighted by Crippen LogP contribution is 2.53. The van der Waals surface area contributed by atoms with E-state index in [1.54, 1.807) is 30.3 Å². The molecule has 0 spiro atoms. The summed E-state index contributed by atoms with van der Waals surface area (Å²) in [6.45, 7) is 6.11. The van der Waals surface area contributed by atoms with Crippen molar-refractivity contribution in [1.82, 2.24) is 10.3 Å². The summed E-state index contributed by atoms with van der Waals surface area (Å²) in [7, 11) is 1.46. The minimum Gasteiger partial charge on any atom is -0.508 e. The number of methoxy groups -OCH3 is 1. The second-order valence-corrected chi connectivity index (χ2v) is 16.3. The van der Waals surface area contributed by atoms with Crippen LogP contribution in [0.3, 0.4) is 0 Å². The van der Waals surface area contributed by atoms with Crippen molar-refractivity contribution in [3.05, 3.63) is 125 Å². The Morgan fingerprint density at radius 2 is 1.73 bits per heavy atom. The zero-order valence-electron chi connectivity index (χ0n) is 34.0. The number of aromatic nitrogens is 1. The fraction of sp³-hybridized carbons (Fsp3) is 0.367. The van der Waals surface area contributed by atoms with Crippen LogP contribution in [-0.4, -0.2) is 71.9 Å². The van der Waals surface area contributed by atoms with Gasteiger partial charge in [-0.2, -0.15) is 0 Å². The van der Waals surface area contributed by atoms with Crippen molar-refractivity contribution in [2.24, 2.45) is 0 Å². The summed E-state index contributed by atoms with van der Waals surface area (Å²) in [6, 6.07) is 27.3. The topological polar surface area (TPSA) is 139 Å². The minimum atomic E-state index is -0.789. The molecule has 2 unspecified atom stereocenters. The Balaban J connectivity index is 1.10. The van der Waals surface area contributed by atoms with Gasteiger partial charge in [-0.25, -0.2) is 0 Å². The van der Waals surface area contributed by atoms with E-state index in [4.69, 9.17) is 19.2 Å². The van der Waals surface area contributed by atoms with E-state index in [0.717, 1.165) is 72.7 Å². The predicted molar refractivity (Wildman–Crippen MR) is 232 cm³/mol. The van der Waals surface area contributed by atoms with Crippen LogP contribution in [-0.2, 0) is 18.3 Å². The predicted octanol–water partition coefficient (Wildman–Crippen LogP) is 8.02. The lowest BCUT2D eigenvalue weighted by atomic mass is 9.85. The number of ketones is 1. The number of hydrogen-bond acceptors (Lipinski definition) is 8. The molecule has 2 fully saturated rings. The molecule has 2 aliphatic heterocycles. The van der Waals surface area contributed by atoms with E-state index in [1.807, 2.05) is 36.4 Å². The number of ether oxygens (including phenoxy) is 3. The summed E-state index contributed by atoms with van der Waals surface area (Å²) in [4.78, 5) is 19.5. The molecule has 1 aliphatic carbocycles. The summed E-state index contributed by atoms with van der Waals surface area (Å²) >= 11 is 0. The number of anilines is 1. The molecule has 0 amide bonds. The molecule has 308 valence electrons. The van der Waals surface area contributed by atoms with Crippen LogP contribution in [0.1, 0.15) is 85.1 Å².